The molecule has 2 N–H and O–H groups in total. The van der Waals surface area contributed by atoms with Gasteiger partial charge in [0, 0.05) is 89.3 Å². The van der Waals surface area contributed by atoms with Crippen LogP contribution in [-0.4, -0.2) is 85.1 Å². The number of rotatable bonds is 5. The van der Waals surface area contributed by atoms with Crippen molar-refractivity contribution in [2.75, 3.05) is 0 Å². The Balaban J connectivity index is 0.00000204. The number of hydrogen-bond donors (Lipinski definition) is 2. The topological polar surface area (TPSA) is 127 Å². The van der Waals surface area contributed by atoms with Crippen LogP contribution in [0.25, 0.3) is 29.9 Å². The van der Waals surface area contributed by atoms with Gasteiger partial charge in [-0.3, -0.25) is 9.11 Å². The Morgan fingerprint density at radius 3 is 1.32 bits per heavy atom. The van der Waals surface area contributed by atoms with Crippen molar-refractivity contribution in [2.24, 2.45) is 0 Å². The molecule has 16 heteroatoms. The van der Waals surface area contributed by atoms with Gasteiger partial charge in [0.1, 0.15) is 0 Å². The Morgan fingerprint density at radius 1 is 0.706 bits per heavy atom. The molecule has 0 atom stereocenters. The van der Waals surface area contributed by atoms with Crippen molar-refractivity contribution in [3.63, 3.8) is 0 Å². The van der Waals surface area contributed by atoms with Gasteiger partial charge in [-0.05, 0) is 49.2 Å². The summed E-state index contributed by atoms with van der Waals surface area (Å²) in [6.07, 6.45) is 0. The van der Waals surface area contributed by atoms with Crippen LogP contribution < -0.4 is 8.37 Å². The molecule has 4 rings (SSSR count). The summed E-state index contributed by atoms with van der Waals surface area (Å²) in [6.45, 7) is 3.35. The zero-order valence-electron chi connectivity index (χ0n) is 18.0. The van der Waals surface area contributed by atoms with E-state index in [4.69, 9.17) is 31.6 Å². The number of halogens is 2. The molecule has 0 spiro atoms. The normalized spacial score (nSPS) is 11.8. The van der Waals surface area contributed by atoms with E-state index in [-0.39, 0.29) is 80.4 Å². The van der Waals surface area contributed by atoms with Crippen LogP contribution in [0.2, 0.25) is 10.0 Å². The summed E-state index contributed by atoms with van der Waals surface area (Å²) in [7, 11) is -9.88. The second kappa shape index (κ2) is 11.0. The van der Waals surface area contributed by atoms with Gasteiger partial charge >= 0.3 is 20.8 Å². The van der Waals surface area contributed by atoms with Crippen molar-refractivity contribution in [2.45, 2.75) is 13.8 Å². The molecule has 0 aliphatic rings. The monoisotopic (exact) mass is 600 g/mol. The minimum absolute atomic E-state index is 0. The molecule has 172 valence electrons. The average Bonchev–Trinajstić information content (AvgIpc) is 3.10. The predicted molar refractivity (Wildman–Crippen MR) is 138 cm³/mol. The van der Waals surface area contributed by atoms with Crippen LogP contribution >= 0.6 is 45.9 Å². The van der Waals surface area contributed by atoms with Crippen LogP contribution in [0.15, 0.2) is 24.3 Å². The minimum Gasteiger partial charge on any atom is -0.360 e. The first-order chi connectivity index (χ1) is 14.7. The van der Waals surface area contributed by atoms with E-state index in [9.17, 15) is 25.9 Å². The predicted octanol–water partition coefficient (Wildman–Crippen LogP) is 5.31. The zero-order chi connectivity index (χ0) is 23.6. The van der Waals surface area contributed by atoms with Crippen LogP contribution in [0, 0.1) is 13.8 Å². The summed E-state index contributed by atoms with van der Waals surface area (Å²) in [4.78, 5) is 0.303. The van der Waals surface area contributed by atoms with Gasteiger partial charge in [-0.2, -0.15) is 16.8 Å². The van der Waals surface area contributed by atoms with Gasteiger partial charge in [0.15, 0.2) is 11.5 Å². The number of fused-ring (bicyclic) bond motifs is 2. The fourth-order valence-corrected chi connectivity index (χ4v) is 7.53. The first kappa shape index (κ1) is 30.6. The van der Waals surface area contributed by atoms with Crippen molar-refractivity contribution in [3.05, 3.63) is 45.4 Å². The molecule has 2 radical (unpaired) electrons. The molecular weight excluding hydrogens is 589 g/mol. The van der Waals surface area contributed by atoms with Crippen molar-refractivity contribution in [1.82, 2.24) is 0 Å². The molecule has 0 aliphatic carbocycles. The van der Waals surface area contributed by atoms with Crippen molar-refractivity contribution in [1.29, 1.82) is 0 Å². The van der Waals surface area contributed by atoms with E-state index in [1.54, 1.807) is 38.1 Å². The minimum atomic E-state index is -4.94. The number of thiophene rings is 2. The molecule has 0 bridgehead atoms. The Labute approximate surface area is 257 Å². The molecular formula is C18H12Cl2Na2O8S4. The fraction of sp³-hybridized carbons (Fsp3) is 0.111. The second-order valence-electron chi connectivity index (χ2n) is 6.73. The maximum atomic E-state index is 11.6. The van der Waals surface area contributed by atoms with E-state index < -0.39 is 20.8 Å². The first-order valence-electron chi connectivity index (χ1n) is 8.53. The van der Waals surface area contributed by atoms with Gasteiger partial charge in [-0.1, -0.05) is 23.2 Å². The van der Waals surface area contributed by atoms with Crippen LogP contribution in [0.5, 0.6) is 11.5 Å². The average molecular weight is 601 g/mol. The third kappa shape index (κ3) is 6.43. The third-order valence-corrected chi connectivity index (χ3v) is 7.99. The summed E-state index contributed by atoms with van der Waals surface area (Å²) in [6, 6.07) is 6.32. The van der Waals surface area contributed by atoms with E-state index in [0.29, 0.717) is 41.3 Å². The van der Waals surface area contributed by atoms with E-state index in [0.717, 1.165) is 22.7 Å². The molecule has 0 fully saturated rings. The number of aryl methyl sites for hydroxylation is 2. The Morgan fingerprint density at radius 2 is 1.03 bits per heavy atom. The molecule has 0 saturated heterocycles. The van der Waals surface area contributed by atoms with Crippen molar-refractivity contribution >= 4 is 146 Å². The molecule has 0 aliphatic heterocycles. The molecule has 4 aromatic rings. The fourth-order valence-electron chi connectivity index (χ4n) is 3.38. The SMILES string of the molecule is Cc1cc(Cl)cc2sc(-c3sc4cc(Cl)cc(C)c4c3OS(=O)(=O)O)c(OS(=O)(=O)O)c12.[Na].[Na]. The van der Waals surface area contributed by atoms with Crippen LogP contribution in [0.1, 0.15) is 11.1 Å². The molecule has 2 aromatic carbocycles. The summed E-state index contributed by atoms with van der Waals surface area (Å²) < 4.78 is 76.1. The van der Waals surface area contributed by atoms with Gasteiger partial charge < -0.3 is 8.37 Å². The van der Waals surface area contributed by atoms with Crippen LogP contribution in [0.3, 0.4) is 0 Å². The van der Waals surface area contributed by atoms with Gasteiger partial charge in [0.25, 0.3) is 0 Å². The quantitative estimate of drug-likeness (QED) is 0.233. The summed E-state index contributed by atoms with van der Waals surface area (Å²) in [5.74, 6) is -0.450. The number of hydrogen-bond acceptors (Lipinski definition) is 8. The second-order valence-corrected chi connectivity index (χ2v) is 11.8. The van der Waals surface area contributed by atoms with E-state index >= 15 is 0 Å². The van der Waals surface area contributed by atoms with E-state index in [1.807, 2.05) is 0 Å². The molecule has 34 heavy (non-hydrogen) atoms. The number of benzene rings is 2. The van der Waals surface area contributed by atoms with E-state index in [1.165, 1.54) is 0 Å². The van der Waals surface area contributed by atoms with Gasteiger partial charge in [0.05, 0.1) is 9.75 Å². The Kier molecular flexibility index (Phi) is 9.89. The van der Waals surface area contributed by atoms with Gasteiger partial charge in [0.2, 0.25) is 0 Å². The van der Waals surface area contributed by atoms with Gasteiger partial charge in [-0.15, -0.1) is 22.7 Å². The largest absolute Gasteiger partial charge is 0.446 e. The van der Waals surface area contributed by atoms with E-state index in [2.05, 4.69) is 0 Å². The van der Waals surface area contributed by atoms with Crippen molar-refractivity contribution in [3.8, 4) is 21.3 Å². The zero-order valence-corrected chi connectivity index (χ0v) is 26.8. The molecule has 2 heterocycles. The third-order valence-electron chi connectivity index (χ3n) is 4.40. The molecule has 2 aromatic heterocycles. The first-order valence-corrected chi connectivity index (χ1v) is 13.6. The maximum Gasteiger partial charge on any atom is 0.446 e. The molecule has 0 saturated carbocycles. The Hall–Kier alpha value is 0.360. The molecule has 0 amide bonds. The summed E-state index contributed by atoms with van der Waals surface area (Å²) in [5.41, 5.74) is 1.12. The summed E-state index contributed by atoms with van der Waals surface area (Å²) in [5, 5.41) is 1.48. The van der Waals surface area contributed by atoms with Crippen molar-refractivity contribution < 1.29 is 34.3 Å². The van der Waals surface area contributed by atoms with Crippen LogP contribution in [-0.2, 0) is 20.8 Å². The van der Waals surface area contributed by atoms with Crippen LogP contribution in [0.4, 0.5) is 0 Å². The Bertz CT molecular complexity index is 1510. The maximum absolute atomic E-state index is 11.6. The molecule has 8 nitrogen and oxygen atoms in total. The standard InChI is InChI=1S/C18H12Cl2O8S4.2Na/c1-7-3-9(19)5-11-13(7)15(27-31(21,22)23)17(29-11)18-16(28-32(24,25)26)14-8(2)4-10(20)6-12(14)30-18;;/h3-6H,1-2H3,(H,21,22,23)(H,24,25,26);;. The van der Waals surface area contributed by atoms with Gasteiger partial charge in [-0.25, -0.2) is 0 Å². The molecule has 0 unspecified atom stereocenters. The smallest absolute Gasteiger partial charge is 0.360 e. The summed E-state index contributed by atoms with van der Waals surface area (Å²) >= 11 is 14.4.